The number of rotatable bonds is 7. The predicted octanol–water partition coefficient (Wildman–Crippen LogP) is 1.67. The molecule has 3 N–H and O–H groups in total. The number of nitrogens with one attached hydrogen (secondary N) is 1. The Balaban J connectivity index is 3.94. The Bertz CT molecular complexity index is 253. The molecule has 1 unspecified atom stereocenters. The first-order chi connectivity index (χ1) is 7.45. The summed E-state index contributed by atoms with van der Waals surface area (Å²) in [6, 6.07) is -0.134. The lowest BCUT2D eigenvalue weighted by Gasteiger charge is -2.23. The largest absolute Gasteiger partial charge is 0.342 e. The van der Waals surface area contributed by atoms with Gasteiger partial charge in [-0.1, -0.05) is 26.7 Å². The average molecular weight is 224 g/mol. The van der Waals surface area contributed by atoms with Crippen LogP contribution in [0.5, 0.6) is 0 Å². The van der Waals surface area contributed by atoms with Crippen LogP contribution in [0.25, 0.3) is 0 Å². The van der Waals surface area contributed by atoms with E-state index in [9.17, 15) is 4.79 Å². The highest BCUT2D eigenvalue weighted by atomic mass is 16.1. The molecule has 1 atom stereocenters. The summed E-state index contributed by atoms with van der Waals surface area (Å²) in [5.74, 6) is 2.59. The van der Waals surface area contributed by atoms with Crippen LogP contribution in [-0.2, 0) is 4.79 Å². The molecule has 0 aromatic carbocycles. The van der Waals surface area contributed by atoms with Gasteiger partial charge < -0.3 is 11.1 Å². The zero-order valence-electron chi connectivity index (χ0n) is 10.7. The first-order valence-corrected chi connectivity index (χ1v) is 5.90. The minimum absolute atomic E-state index is 0.0369. The molecule has 0 bridgehead atoms. The molecular weight excluding hydrogens is 200 g/mol. The monoisotopic (exact) mass is 224 g/mol. The highest BCUT2D eigenvalue weighted by molar-refractivity contribution is 5.76. The van der Waals surface area contributed by atoms with Crippen molar-refractivity contribution >= 4 is 5.91 Å². The van der Waals surface area contributed by atoms with Crippen molar-refractivity contribution in [2.45, 2.75) is 52.5 Å². The number of carbonyl (C=O) groups is 1. The number of terminal acetylenes is 1. The van der Waals surface area contributed by atoms with Crippen LogP contribution in [-0.4, -0.2) is 18.5 Å². The lowest BCUT2D eigenvalue weighted by Crippen LogP contribution is -2.33. The van der Waals surface area contributed by atoms with E-state index < -0.39 is 0 Å². The molecule has 92 valence electrons. The molecule has 0 heterocycles. The molecule has 0 rings (SSSR count). The van der Waals surface area contributed by atoms with Crippen LogP contribution in [0.1, 0.15) is 46.5 Å². The minimum atomic E-state index is -0.134. The van der Waals surface area contributed by atoms with Gasteiger partial charge in [-0.15, -0.1) is 6.42 Å². The van der Waals surface area contributed by atoms with Gasteiger partial charge in [0, 0.05) is 6.42 Å². The molecule has 3 nitrogen and oxygen atoms in total. The van der Waals surface area contributed by atoms with Crippen LogP contribution in [0.2, 0.25) is 0 Å². The van der Waals surface area contributed by atoms with Crippen molar-refractivity contribution in [3.05, 3.63) is 0 Å². The maximum Gasteiger partial charge on any atom is 0.220 e. The quantitative estimate of drug-likeness (QED) is 0.646. The Labute approximate surface area is 99.2 Å². The summed E-state index contributed by atoms with van der Waals surface area (Å²) in [7, 11) is 0. The summed E-state index contributed by atoms with van der Waals surface area (Å²) in [6.45, 7) is 6.89. The van der Waals surface area contributed by atoms with E-state index in [0.717, 1.165) is 19.3 Å². The molecule has 0 fully saturated rings. The highest BCUT2D eigenvalue weighted by Crippen LogP contribution is 2.25. The molecule has 0 saturated carbocycles. The van der Waals surface area contributed by atoms with Crippen LogP contribution in [0, 0.1) is 17.8 Å². The highest BCUT2D eigenvalue weighted by Gasteiger charge is 2.18. The zero-order valence-corrected chi connectivity index (χ0v) is 10.7. The summed E-state index contributed by atoms with van der Waals surface area (Å²) in [5.41, 5.74) is 5.65. The molecule has 3 heteroatoms. The van der Waals surface area contributed by atoms with E-state index >= 15 is 0 Å². The lowest BCUT2D eigenvalue weighted by molar-refractivity contribution is -0.122. The average Bonchev–Trinajstić information content (AvgIpc) is 2.23. The molecular formula is C13H24N2O. The summed E-state index contributed by atoms with van der Waals surface area (Å²) in [5, 5.41) is 2.82. The third-order valence-electron chi connectivity index (χ3n) is 2.79. The van der Waals surface area contributed by atoms with Gasteiger partial charge in [-0.05, 0) is 31.2 Å². The normalized spacial score (nSPS) is 12.9. The van der Waals surface area contributed by atoms with Crippen LogP contribution in [0.15, 0.2) is 0 Å². The Morgan fingerprint density at radius 2 is 2.12 bits per heavy atom. The predicted molar refractivity (Wildman–Crippen MR) is 67.7 cm³/mol. The summed E-state index contributed by atoms with van der Waals surface area (Å²) in [4.78, 5) is 11.6. The summed E-state index contributed by atoms with van der Waals surface area (Å²) in [6.07, 6.45) is 8.35. The van der Waals surface area contributed by atoms with Crippen molar-refractivity contribution in [2.75, 3.05) is 6.54 Å². The van der Waals surface area contributed by atoms with E-state index in [1.807, 2.05) is 6.92 Å². The van der Waals surface area contributed by atoms with Gasteiger partial charge in [0.2, 0.25) is 5.91 Å². The van der Waals surface area contributed by atoms with Crippen LogP contribution >= 0.6 is 0 Å². The van der Waals surface area contributed by atoms with Gasteiger partial charge in [0.25, 0.3) is 0 Å². The maximum absolute atomic E-state index is 11.6. The number of amides is 1. The SMILES string of the molecule is C#CC(CC)NC(=O)CCC(C)(C)CCN. The molecule has 0 aliphatic heterocycles. The topological polar surface area (TPSA) is 55.1 Å². The van der Waals surface area contributed by atoms with Crippen LogP contribution in [0.3, 0.4) is 0 Å². The molecule has 0 aliphatic carbocycles. The van der Waals surface area contributed by atoms with Crippen molar-refractivity contribution in [1.29, 1.82) is 0 Å². The Morgan fingerprint density at radius 1 is 1.50 bits per heavy atom. The minimum Gasteiger partial charge on any atom is -0.342 e. The third kappa shape index (κ3) is 6.47. The van der Waals surface area contributed by atoms with E-state index in [1.165, 1.54) is 0 Å². The third-order valence-corrected chi connectivity index (χ3v) is 2.79. The van der Waals surface area contributed by atoms with Gasteiger partial charge in [0.05, 0.1) is 6.04 Å². The van der Waals surface area contributed by atoms with Gasteiger partial charge >= 0.3 is 0 Å². The standard InChI is InChI=1S/C13H24N2O/c1-5-11(6-2)15-12(16)7-8-13(3,4)9-10-14/h1,11H,6-10,14H2,2-4H3,(H,15,16). The summed E-state index contributed by atoms with van der Waals surface area (Å²) < 4.78 is 0. The molecule has 0 radical (unpaired) electrons. The molecule has 0 aromatic heterocycles. The Hall–Kier alpha value is -1.01. The lowest BCUT2D eigenvalue weighted by atomic mass is 9.84. The van der Waals surface area contributed by atoms with E-state index in [0.29, 0.717) is 13.0 Å². The Morgan fingerprint density at radius 3 is 2.56 bits per heavy atom. The fourth-order valence-electron chi connectivity index (χ4n) is 1.50. The van der Waals surface area contributed by atoms with Crippen LogP contribution < -0.4 is 11.1 Å². The second kappa shape index (κ2) is 7.29. The van der Waals surface area contributed by atoms with E-state index in [4.69, 9.17) is 12.2 Å². The number of carbonyl (C=O) groups excluding carboxylic acids is 1. The number of hydrogen-bond acceptors (Lipinski definition) is 2. The van der Waals surface area contributed by atoms with Crippen molar-refractivity contribution in [2.24, 2.45) is 11.1 Å². The van der Waals surface area contributed by atoms with Gasteiger partial charge in [-0.25, -0.2) is 0 Å². The smallest absolute Gasteiger partial charge is 0.220 e. The van der Waals surface area contributed by atoms with Gasteiger partial charge in [-0.3, -0.25) is 4.79 Å². The van der Waals surface area contributed by atoms with Crippen molar-refractivity contribution in [1.82, 2.24) is 5.32 Å². The van der Waals surface area contributed by atoms with E-state index in [1.54, 1.807) is 0 Å². The van der Waals surface area contributed by atoms with Crippen LogP contribution in [0.4, 0.5) is 0 Å². The van der Waals surface area contributed by atoms with E-state index in [-0.39, 0.29) is 17.4 Å². The molecule has 0 aromatic rings. The fraction of sp³-hybridized carbons (Fsp3) is 0.769. The molecule has 1 amide bonds. The van der Waals surface area contributed by atoms with Crippen molar-refractivity contribution in [3.8, 4) is 12.3 Å². The fourth-order valence-corrected chi connectivity index (χ4v) is 1.50. The number of hydrogen-bond donors (Lipinski definition) is 2. The van der Waals surface area contributed by atoms with Gasteiger partial charge in [-0.2, -0.15) is 0 Å². The van der Waals surface area contributed by atoms with Crippen molar-refractivity contribution in [3.63, 3.8) is 0 Å². The zero-order chi connectivity index (χ0) is 12.6. The van der Waals surface area contributed by atoms with Gasteiger partial charge in [0.15, 0.2) is 0 Å². The Kier molecular flexibility index (Phi) is 6.83. The van der Waals surface area contributed by atoms with E-state index in [2.05, 4.69) is 25.1 Å². The molecule has 16 heavy (non-hydrogen) atoms. The summed E-state index contributed by atoms with van der Waals surface area (Å²) >= 11 is 0. The second-order valence-electron chi connectivity index (χ2n) is 4.90. The maximum atomic E-state index is 11.6. The molecule has 0 saturated heterocycles. The van der Waals surface area contributed by atoms with Gasteiger partial charge in [0.1, 0.15) is 0 Å². The molecule has 0 spiro atoms. The first kappa shape index (κ1) is 15.0. The second-order valence-corrected chi connectivity index (χ2v) is 4.90. The van der Waals surface area contributed by atoms with Crippen molar-refractivity contribution < 1.29 is 4.79 Å². The number of nitrogens with two attached hydrogens (primary N) is 1. The molecule has 0 aliphatic rings. The first-order valence-electron chi connectivity index (χ1n) is 5.90.